The van der Waals surface area contributed by atoms with Crippen LogP contribution >= 0.6 is 0 Å². The number of ether oxygens (including phenoxy) is 2. The van der Waals surface area contributed by atoms with Crippen LogP contribution in [0.15, 0.2) is 54.6 Å². The highest BCUT2D eigenvalue weighted by Crippen LogP contribution is 2.33. The number of hydrogen-bond donors (Lipinski definition) is 1. The predicted octanol–water partition coefficient (Wildman–Crippen LogP) is 3.69. The van der Waals surface area contributed by atoms with Crippen molar-refractivity contribution in [3.05, 3.63) is 60.2 Å². The molecule has 2 rings (SSSR count). The fourth-order valence-electron chi connectivity index (χ4n) is 3.28. The summed E-state index contributed by atoms with van der Waals surface area (Å²) in [6.45, 7) is 0.105. The van der Waals surface area contributed by atoms with Gasteiger partial charge in [-0.15, -0.1) is 0 Å². The summed E-state index contributed by atoms with van der Waals surface area (Å²) in [7, 11) is 1.39. The lowest BCUT2D eigenvalue weighted by atomic mass is 9.88. The van der Waals surface area contributed by atoms with Crippen molar-refractivity contribution in [3.8, 4) is 0 Å². The van der Waals surface area contributed by atoms with Gasteiger partial charge < -0.3 is 14.6 Å². The fourth-order valence-corrected chi connectivity index (χ4v) is 3.28. The molecule has 0 spiro atoms. The molecule has 146 valence electrons. The summed E-state index contributed by atoms with van der Waals surface area (Å²) in [5, 5.41) is 9.30. The van der Waals surface area contributed by atoms with Crippen molar-refractivity contribution in [2.75, 3.05) is 13.7 Å². The molecular formula is C22H28O5. The minimum atomic E-state index is -0.332. The minimum absolute atomic E-state index is 0.105. The van der Waals surface area contributed by atoms with E-state index in [0.717, 1.165) is 19.3 Å². The van der Waals surface area contributed by atoms with Gasteiger partial charge in [-0.05, 0) is 49.8 Å². The summed E-state index contributed by atoms with van der Waals surface area (Å²) in [5.74, 6) is -0.230. The molecule has 0 bridgehead atoms. The van der Waals surface area contributed by atoms with E-state index in [1.165, 1.54) is 7.11 Å². The van der Waals surface area contributed by atoms with Crippen LogP contribution in [0.5, 0.6) is 0 Å². The quantitative estimate of drug-likeness (QED) is 0.385. The summed E-state index contributed by atoms with van der Waals surface area (Å²) in [4.78, 5) is 23.5. The maximum absolute atomic E-state index is 12.4. The van der Waals surface area contributed by atoms with Crippen molar-refractivity contribution in [2.45, 2.75) is 38.2 Å². The monoisotopic (exact) mass is 372 g/mol. The van der Waals surface area contributed by atoms with Gasteiger partial charge in [0, 0.05) is 18.9 Å². The molecule has 1 N–H and O–H groups in total. The van der Waals surface area contributed by atoms with Crippen molar-refractivity contribution in [1.29, 1.82) is 0 Å². The molecule has 1 aliphatic carbocycles. The molecule has 0 aromatic heterocycles. The first-order valence-electron chi connectivity index (χ1n) is 9.42. The second-order valence-electron chi connectivity index (χ2n) is 6.64. The van der Waals surface area contributed by atoms with Gasteiger partial charge in [0.05, 0.1) is 12.7 Å². The Labute approximate surface area is 160 Å². The van der Waals surface area contributed by atoms with E-state index >= 15 is 0 Å². The number of aliphatic hydroxyl groups is 1. The summed E-state index contributed by atoms with van der Waals surface area (Å²) >= 11 is 0. The Kier molecular flexibility index (Phi) is 8.78. The Morgan fingerprint density at radius 2 is 1.93 bits per heavy atom. The highest BCUT2D eigenvalue weighted by molar-refractivity contribution is 5.89. The first-order valence-corrected chi connectivity index (χ1v) is 9.42. The zero-order valence-electron chi connectivity index (χ0n) is 15.8. The van der Waals surface area contributed by atoms with E-state index in [9.17, 15) is 14.7 Å². The fraction of sp³-hybridized carbons (Fsp3) is 0.455. The van der Waals surface area contributed by atoms with Gasteiger partial charge in [-0.2, -0.15) is 0 Å². The third-order valence-corrected chi connectivity index (χ3v) is 4.79. The summed E-state index contributed by atoms with van der Waals surface area (Å²) < 4.78 is 10.3. The van der Waals surface area contributed by atoms with Crippen LogP contribution in [0.3, 0.4) is 0 Å². The second kappa shape index (κ2) is 11.3. The number of rotatable bonds is 10. The predicted molar refractivity (Wildman–Crippen MR) is 103 cm³/mol. The zero-order valence-corrected chi connectivity index (χ0v) is 15.8. The van der Waals surface area contributed by atoms with Gasteiger partial charge in [-0.1, -0.05) is 36.4 Å². The molecule has 3 atom stereocenters. The van der Waals surface area contributed by atoms with Gasteiger partial charge >= 0.3 is 11.9 Å². The number of unbranched alkanes of at least 4 members (excludes halogenated alkanes) is 1. The SMILES string of the molecule is COC(=O)CCC/C=C\C[C@H]1C(OC(=O)c2ccccc2)C=C[C@H]1CCO. The van der Waals surface area contributed by atoms with Crippen molar-refractivity contribution < 1.29 is 24.2 Å². The highest BCUT2D eigenvalue weighted by atomic mass is 16.5. The molecule has 1 unspecified atom stereocenters. The highest BCUT2D eigenvalue weighted by Gasteiger charge is 2.33. The minimum Gasteiger partial charge on any atom is -0.469 e. The first-order chi connectivity index (χ1) is 13.2. The lowest BCUT2D eigenvalue weighted by Crippen LogP contribution is -2.26. The number of allylic oxidation sites excluding steroid dienone is 3. The molecule has 1 aliphatic rings. The molecule has 0 aliphatic heterocycles. The van der Waals surface area contributed by atoms with E-state index in [0.29, 0.717) is 18.4 Å². The van der Waals surface area contributed by atoms with Crippen LogP contribution in [-0.2, 0) is 14.3 Å². The van der Waals surface area contributed by atoms with Crippen LogP contribution in [-0.4, -0.2) is 36.9 Å². The van der Waals surface area contributed by atoms with E-state index in [-0.39, 0.29) is 36.5 Å². The lowest BCUT2D eigenvalue weighted by Gasteiger charge is -2.24. The Morgan fingerprint density at radius 1 is 1.15 bits per heavy atom. The Balaban J connectivity index is 1.88. The molecule has 1 aromatic carbocycles. The average molecular weight is 372 g/mol. The van der Waals surface area contributed by atoms with Crippen molar-refractivity contribution in [3.63, 3.8) is 0 Å². The second-order valence-corrected chi connectivity index (χ2v) is 6.64. The average Bonchev–Trinajstić information content (AvgIpc) is 3.06. The zero-order chi connectivity index (χ0) is 19.5. The third kappa shape index (κ3) is 6.68. The number of methoxy groups -OCH3 is 1. The number of hydrogen-bond acceptors (Lipinski definition) is 5. The van der Waals surface area contributed by atoms with E-state index in [4.69, 9.17) is 4.74 Å². The van der Waals surface area contributed by atoms with Crippen LogP contribution in [0.1, 0.15) is 42.5 Å². The Morgan fingerprint density at radius 3 is 2.63 bits per heavy atom. The van der Waals surface area contributed by atoms with E-state index in [2.05, 4.69) is 10.8 Å². The number of carbonyl (C=O) groups excluding carboxylic acids is 2. The van der Waals surface area contributed by atoms with Gasteiger partial charge in [0.15, 0.2) is 0 Å². The molecule has 0 radical (unpaired) electrons. The maximum Gasteiger partial charge on any atom is 0.338 e. The number of carbonyl (C=O) groups is 2. The third-order valence-electron chi connectivity index (χ3n) is 4.79. The van der Waals surface area contributed by atoms with Gasteiger partial charge in [-0.3, -0.25) is 4.79 Å². The van der Waals surface area contributed by atoms with Crippen molar-refractivity contribution >= 4 is 11.9 Å². The van der Waals surface area contributed by atoms with Crippen molar-refractivity contribution in [1.82, 2.24) is 0 Å². The van der Waals surface area contributed by atoms with Gasteiger partial charge in [-0.25, -0.2) is 4.79 Å². The Hall–Kier alpha value is -2.40. The molecular weight excluding hydrogens is 344 g/mol. The normalized spacial score (nSPS) is 21.5. The molecule has 0 heterocycles. The number of aliphatic hydroxyl groups excluding tert-OH is 1. The summed E-state index contributed by atoms with van der Waals surface area (Å²) in [5.41, 5.74) is 0.536. The van der Waals surface area contributed by atoms with E-state index < -0.39 is 0 Å². The van der Waals surface area contributed by atoms with Crippen LogP contribution in [0.2, 0.25) is 0 Å². The maximum atomic E-state index is 12.4. The van der Waals surface area contributed by atoms with Crippen LogP contribution in [0.25, 0.3) is 0 Å². The first kappa shape index (κ1) is 20.9. The Bertz CT molecular complexity index is 650. The van der Waals surface area contributed by atoms with E-state index in [1.807, 2.05) is 36.4 Å². The molecule has 0 saturated heterocycles. The number of benzene rings is 1. The number of esters is 2. The molecule has 0 saturated carbocycles. The van der Waals surface area contributed by atoms with E-state index in [1.54, 1.807) is 12.1 Å². The van der Waals surface area contributed by atoms with Crippen LogP contribution < -0.4 is 0 Å². The molecule has 0 amide bonds. The van der Waals surface area contributed by atoms with Crippen LogP contribution in [0, 0.1) is 11.8 Å². The smallest absolute Gasteiger partial charge is 0.338 e. The largest absolute Gasteiger partial charge is 0.469 e. The lowest BCUT2D eigenvalue weighted by molar-refractivity contribution is -0.140. The summed E-state index contributed by atoms with van der Waals surface area (Å²) in [6.07, 6.45) is 11.2. The van der Waals surface area contributed by atoms with Crippen LogP contribution in [0.4, 0.5) is 0 Å². The standard InChI is InChI=1S/C22H28O5/c1-26-21(24)12-8-3-2-7-11-19-17(15-16-23)13-14-20(19)27-22(25)18-9-5-4-6-10-18/h2,4-7,9-10,13-14,17,19-20,23H,3,8,11-12,15-16H2,1H3/b7-2-/t17-,19+,20?/m0/s1. The van der Waals surface area contributed by atoms with Gasteiger partial charge in [0.25, 0.3) is 0 Å². The molecule has 0 fully saturated rings. The van der Waals surface area contributed by atoms with Gasteiger partial charge in [0.2, 0.25) is 0 Å². The molecule has 5 heteroatoms. The summed E-state index contributed by atoms with van der Waals surface area (Å²) in [6, 6.07) is 8.95. The van der Waals surface area contributed by atoms with Gasteiger partial charge in [0.1, 0.15) is 6.10 Å². The van der Waals surface area contributed by atoms with Crippen molar-refractivity contribution in [2.24, 2.45) is 11.8 Å². The molecule has 1 aromatic rings. The molecule has 5 nitrogen and oxygen atoms in total. The molecule has 27 heavy (non-hydrogen) atoms. The topological polar surface area (TPSA) is 72.8 Å².